The molecule has 29 heavy (non-hydrogen) atoms. The predicted molar refractivity (Wildman–Crippen MR) is 111 cm³/mol. The highest BCUT2D eigenvalue weighted by atomic mass is 32.2. The van der Waals surface area contributed by atoms with E-state index in [9.17, 15) is 13.2 Å². The van der Waals surface area contributed by atoms with Crippen LogP contribution in [-0.4, -0.2) is 34.1 Å². The maximum atomic E-state index is 12.6. The van der Waals surface area contributed by atoms with E-state index in [-0.39, 0.29) is 23.5 Å². The van der Waals surface area contributed by atoms with Crippen molar-refractivity contribution >= 4 is 21.6 Å². The van der Waals surface area contributed by atoms with E-state index in [1.165, 1.54) is 12.1 Å². The van der Waals surface area contributed by atoms with E-state index in [1.54, 1.807) is 44.4 Å². The van der Waals surface area contributed by atoms with Gasteiger partial charge in [0, 0.05) is 11.7 Å². The number of hydrogen-bond acceptors (Lipinski definition) is 5. The number of rotatable bonds is 8. The third-order valence-electron chi connectivity index (χ3n) is 4.88. The summed E-state index contributed by atoms with van der Waals surface area (Å²) in [4.78, 5) is 12.1. The number of sulfonamides is 1. The molecule has 0 heterocycles. The molecule has 8 heteroatoms. The number of hydrogen-bond donors (Lipinski definition) is 2. The van der Waals surface area contributed by atoms with Gasteiger partial charge in [0.25, 0.3) is 15.9 Å². The van der Waals surface area contributed by atoms with Gasteiger partial charge in [0.15, 0.2) is 6.61 Å². The van der Waals surface area contributed by atoms with Gasteiger partial charge in [0.1, 0.15) is 11.5 Å². The first kappa shape index (κ1) is 21.0. The van der Waals surface area contributed by atoms with Crippen molar-refractivity contribution in [2.45, 2.75) is 43.5 Å². The maximum Gasteiger partial charge on any atom is 0.261 e. The van der Waals surface area contributed by atoms with Gasteiger partial charge in [-0.05, 0) is 67.8 Å². The Hall–Kier alpha value is -2.74. The van der Waals surface area contributed by atoms with E-state index in [2.05, 4.69) is 10.0 Å². The number of nitrogens with one attached hydrogen (secondary N) is 2. The van der Waals surface area contributed by atoms with Crippen LogP contribution in [0.5, 0.6) is 11.5 Å². The van der Waals surface area contributed by atoms with Gasteiger partial charge >= 0.3 is 0 Å². The standard InChI is InChI=1S/C21H26N2O5S/c1-15-13-19(29(25,26)23-17-7-9-18(27-2)10-8-17)11-12-20(15)28-14-21(24)22-16-5-3-4-6-16/h7-13,16,23H,3-6,14H2,1-2H3,(H,22,24). The highest BCUT2D eigenvalue weighted by Crippen LogP contribution is 2.24. The van der Waals surface area contributed by atoms with Crippen LogP contribution in [0.25, 0.3) is 0 Å². The van der Waals surface area contributed by atoms with Crippen molar-refractivity contribution in [3.63, 3.8) is 0 Å². The molecule has 2 N–H and O–H groups in total. The third-order valence-corrected chi connectivity index (χ3v) is 6.26. The van der Waals surface area contributed by atoms with Crippen LogP contribution in [0.3, 0.4) is 0 Å². The van der Waals surface area contributed by atoms with Crippen molar-refractivity contribution < 1.29 is 22.7 Å². The Bertz CT molecular complexity index is 952. The Morgan fingerprint density at radius 1 is 1.10 bits per heavy atom. The lowest BCUT2D eigenvalue weighted by Crippen LogP contribution is -2.36. The largest absolute Gasteiger partial charge is 0.497 e. The number of aryl methyl sites for hydroxylation is 1. The van der Waals surface area contributed by atoms with Crippen LogP contribution in [0.4, 0.5) is 5.69 Å². The van der Waals surface area contributed by atoms with Gasteiger partial charge in [0.2, 0.25) is 0 Å². The normalized spacial score (nSPS) is 14.4. The fraction of sp³-hybridized carbons (Fsp3) is 0.381. The lowest BCUT2D eigenvalue weighted by molar-refractivity contribution is -0.123. The first-order valence-corrected chi connectivity index (χ1v) is 11.1. The predicted octanol–water partition coefficient (Wildman–Crippen LogP) is 3.24. The van der Waals surface area contributed by atoms with Gasteiger partial charge < -0.3 is 14.8 Å². The van der Waals surface area contributed by atoms with Crippen LogP contribution in [0.15, 0.2) is 47.4 Å². The minimum atomic E-state index is -3.74. The molecule has 1 aliphatic rings. The molecule has 2 aromatic rings. The Morgan fingerprint density at radius 2 is 1.79 bits per heavy atom. The molecular formula is C21H26N2O5S. The van der Waals surface area contributed by atoms with Gasteiger partial charge in [-0.25, -0.2) is 8.42 Å². The molecule has 0 spiro atoms. The summed E-state index contributed by atoms with van der Waals surface area (Å²) in [6, 6.07) is 11.4. The third kappa shape index (κ3) is 5.63. The van der Waals surface area contributed by atoms with E-state index < -0.39 is 10.0 Å². The summed E-state index contributed by atoms with van der Waals surface area (Å²) >= 11 is 0. The monoisotopic (exact) mass is 418 g/mol. The molecule has 1 saturated carbocycles. The second-order valence-electron chi connectivity index (χ2n) is 7.10. The smallest absolute Gasteiger partial charge is 0.261 e. The molecule has 0 saturated heterocycles. The number of amides is 1. The zero-order chi connectivity index (χ0) is 20.9. The van der Waals surface area contributed by atoms with Crippen molar-refractivity contribution in [2.24, 2.45) is 0 Å². The number of carbonyl (C=O) groups excluding carboxylic acids is 1. The van der Waals surface area contributed by atoms with E-state index in [0.717, 1.165) is 25.7 Å². The van der Waals surface area contributed by atoms with Gasteiger partial charge in [-0.15, -0.1) is 0 Å². The number of methoxy groups -OCH3 is 1. The van der Waals surface area contributed by atoms with Crippen molar-refractivity contribution in [1.82, 2.24) is 5.32 Å². The first-order valence-electron chi connectivity index (χ1n) is 9.57. The molecule has 156 valence electrons. The van der Waals surface area contributed by atoms with Gasteiger partial charge in [-0.3, -0.25) is 9.52 Å². The summed E-state index contributed by atoms with van der Waals surface area (Å²) in [6.45, 7) is 1.66. The highest BCUT2D eigenvalue weighted by Gasteiger charge is 2.18. The summed E-state index contributed by atoms with van der Waals surface area (Å²) in [5.41, 5.74) is 1.07. The Balaban J connectivity index is 1.61. The lowest BCUT2D eigenvalue weighted by atomic mass is 10.2. The summed E-state index contributed by atoms with van der Waals surface area (Å²) < 4.78 is 38.4. The van der Waals surface area contributed by atoms with Crippen molar-refractivity contribution in [3.05, 3.63) is 48.0 Å². The molecule has 0 atom stereocenters. The molecule has 1 amide bonds. The molecule has 7 nitrogen and oxygen atoms in total. The average molecular weight is 419 g/mol. The Morgan fingerprint density at radius 3 is 2.41 bits per heavy atom. The second-order valence-corrected chi connectivity index (χ2v) is 8.78. The molecule has 2 aromatic carbocycles. The molecule has 0 aromatic heterocycles. The van der Waals surface area contributed by atoms with Crippen LogP contribution in [-0.2, 0) is 14.8 Å². The molecule has 0 radical (unpaired) electrons. The molecule has 1 fully saturated rings. The van der Waals surface area contributed by atoms with Gasteiger partial charge in [-0.2, -0.15) is 0 Å². The molecular weight excluding hydrogens is 392 g/mol. The summed E-state index contributed by atoms with van der Waals surface area (Å²) in [5, 5.41) is 2.96. The fourth-order valence-corrected chi connectivity index (χ4v) is 4.45. The van der Waals surface area contributed by atoms with Gasteiger partial charge in [-0.1, -0.05) is 12.8 Å². The molecule has 3 rings (SSSR count). The lowest BCUT2D eigenvalue weighted by Gasteiger charge is -2.14. The van der Waals surface area contributed by atoms with E-state index in [4.69, 9.17) is 9.47 Å². The summed E-state index contributed by atoms with van der Waals surface area (Å²) in [6.07, 6.45) is 4.31. The topological polar surface area (TPSA) is 93.7 Å². The minimum Gasteiger partial charge on any atom is -0.497 e. The van der Waals surface area contributed by atoms with Crippen molar-refractivity contribution in [1.29, 1.82) is 0 Å². The average Bonchev–Trinajstić information content (AvgIpc) is 3.20. The van der Waals surface area contributed by atoms with Gasteiger partial charge in [0.05, 0.1) is 12.0 Å². The molecule has 1 aliphatic carbocycles. The highest BCUT2D eigenvalue weighted by molar-refractivity contribution is 7.92. The first-order chi connectivity index (χ1) is 13.9. The van der Waals surface area contributed by atoms with Crippen LogP contribution < -0.4 is 19.5 Å². The van der Waals surface area contributed by atoms with Crippen LogP contribution in [0, 0.1) is 6.92 Å². The quantitative estimate of drug-likeness (QED) is 0.686. The summed E-state index contributed by atoms with van der Waals surface area (Å²) in [7, 11) is -2.20. The fourth-order valence-electron chi connectivity index (χ4n) is 3.31. The van der Waals surface area contributed by atoms with Crippen LogP contribution in [0.2, 0.25) is 0 Å². The number of ether oxygens (including phenoxy) is 2. The van der Waals surface area contributed by atoms with Crippen LogP contribution >= 0.6 is 0 Å². The maximum absolute atomic E-state index is 12.6. The number of benzene rings is 2. The Labute approximate surface area is 171 Å². The number of carbonyl (C=O) groups is 1. The Kier molecular flexibility index (Phi) is 6.64. The molecule has 0 aliphatic heterocycles. The van der Waals surface area contributed by atoms with E-state index in [0.29, 0.717) is 22.7 Å². The molecule has 0 bridgehead atoms. The summed E-state index contributed by atoms with van der Waals surface area (Å²) in [5.74, 6) is 0.964. The van der Waals surface area contributed by atoms with Crippen LogP contribution in [0.1, 0.15) is 31.2 Å². The van der Waals surface area contributed by atoms with E-state index >= 15 is 0 Å². The molecule has 0 unspecified atom stereocenters. The van der Waals surface area contributed by atoms with E-state index in [1.807, 2.05) is 0 Å². The van der Waals surface area contributed by atoms with Crippen molar-refractivity contribution in [3.8, 4) is 11.5 Å². The SMILES string of the molecule is COc1ccc(NS(=O)(=O)c2ccc(OCC(=O)NC3CCCC3)c(C)c2)cc1. The second kappa shape index (κ2) is 9.17. The zero-order valence-electron chi connectivity index (χ0n) is 16.6. The minimum absolute atomic E-state index is 0.0897. The zero-order valence-corrected chi connectivity index (χ0v) is 17.4. The number of anilines is 1. The van der Waals surface area contributed by atoms with Crippen molar-refractivity contribution in [2.75, 3.05) is 18.4 Å².